The molecule has 0 aromatic heterocycles. The van der Waals surface area contributed by atoms with Gasteiger partial charge in [-0.25, -0.2) is 0 Å². The molecule has 188 valence electrons. The zero-order valence-electron chi connectivity index (χ0n) is 21.1. The minimum absolute atomic E-state index is 0.0720. The Morgan fingerprint density at radius 3 is 2.38 bits per heavy atom. The third kappa shape index (κ3) is 3.44. The van der Waals surface area contributed by atoms with Gasteiger partial charge in [0.1, 0.15) is 11.6 Å². The Morgan fingerprint density at radius 1 is 1.06 bits per heavy atom. The van der Waals surface area contributed by atoms with Crippen LogP contribution in [0.15, 0.2) is 24.3 Å². The number of carbonyl (C=O) groups is 3. The second-order valence-electron chi connectivity index (χ2n) is 10.5. The number of aliphatic hydroxyl groups is 1. The van der Waals surface area contributed by atoms with Crippen molar-refractivity contribution >= 4 is 17.7 Å². The lowest BCUT2D eigenvalue weighted by Gasteiger charge is -2.41. The van der Waals surface area contributed by atoms with Crippen LogP contribution in [0.3, 0.4) is 0 Å². The summed E-state index contributed by atoms with van der Waals surface area (Å²) in [6.45, 7) is 9.14. The van der Waals surface area contributed by atoms with Crippen molar-refractivity contribution in [2.75, 3.05) is 33.3 Å². The lowest BCUT2D eigenvalue weighted by atomic mass is 9.73. The molecule has 0 radical (unpaired) electrons. The lowest BCUT2D eigenvalue weighted by molar-refractivity contribution is -0.158. The van der Waals surface area contributed by atoms with E-state index >= 15 is 0 Å². The van der Waals surface area contributed by atoms with E-state index in [2.05, 4.69) is 6.92 Å². The van der Waals surface area contributed by atoms with E-state index in [1.165, 1.54) is 0 Å². The maximum Gasteiger partial charge on any atom is 0.249 e. The summed E-state index contributed by atoms with van der Waals surface area (Å²) in [5, 5.41) is 10.3. The number of unbranched alkanes of at least 4 members (excludes halogenated alkanes) is 1. The Labute approximate surface area is 202 Å². The van der Waals surface area contributed by atoms with E-state index in [-0.39, 0.29) is 30.2 Å². The number of likely N-dealkylation sites (N-methyl/N-ethyl adjacent to an activating group) is 1. The molecule has 4 heterocycles. The third-order valence-electron chi connectivity index (χ3n) is 8.26. The minimum atomic E-state index is -1.25. The number of hydrogen-bond donors (Lipinski definition) is 1. The van der Waals surface area contributed by atoms with Gasteiger partial charge in [0.05, 0.1) is 30.1 Å². The Kier molecular flexibility index (Phi) is 6.68. The van der Waals surface area contributed by atoms with Crippen LogP contribution in [0, 0.1) is 17.8 Å². The van der Waals surface area contributed by atoms with Crippen LogP contribution >= 0.6 is 0 Å². The highest BCUT2D eigenvalue weighted by Crippen LogP contribution is 2.59. The molecule has 8 heteroatoms. The van der Waals surface area contributed by atoms with Crippen molar-refractivity contribution in [3.8, 4) is 0 Å². The van der Waals surface area contributed by atoms with Crippen LogP contribution in [0.1, 0.15) is 47.0 Å². The maximum absolute atomic E-state index is 14.2. The van der Waals surface area contributed by atoms with Gasteiger partial charge < -0.3 is 24.5 Å². The minimum Gasteiger partial charge on any atom is -0.394 e. The predicted molar refractivity (Wildman–Crippen MR) is 128 cm³/mol. The molecule has 8 nitrogen and oxygen atoms in total. The quantitative estimate of drug-likeness (QED) is 0.567. The average Bonchev–Trinajstić information content (AvgIpc) is 3.11. The van der Waals surface area contributed by atoms with Crippen molar-refractivity contribution in [1.82, 2.24) is 14.7 Å². The summed E-state index contributed by atoms with van der Waals surface area (Å²) >= 11 is 0. The largest absolute Gasteiger partial charge is 0.394 e. The molecule has 2 saturated heterocycles. The number of amides is 3. The Bertz CT molecular complexity index is 901. The van der Waals surface area contributed by atoms with Crippen LogP contribution in [-0.4, -0.2) is 94.1 Å². The van der Waals surface area contributed by atoms with E-state index in [0.717, 1.165) is 12.8 Å². The summed E-state index contributed by atoms with van der Waals surface area (Å²) in [6, 6.07) is -1.46. The van der Waals surface area contributed by atoms with Gasteiger partial charge in [0.25, 0.3) is 0 Å². The second-order valence-corrected chi connectivity index (χ2v) is 10.5. The fraction of sp³-hybridized carbons (Fsp3) is 0.731. The van der Waals surface area contributed by atoms with Gasteiger partial charge >= 0.3 is 0 Å². The highest BCUT2D eigenvalue weighted by molar-refractivity contribution is 6.00. The summed E-state index contributed by atoms with van der Waals surface area (Å²) in [7, 11) is 1.74. The number of carbonyl (C=O) groups excluding carboxylic acids is 3. The standard InChI is InChI=1S/C26H39N3O5/c1-6-8-14-28-15-10-12-26-20(19-22(31)27(5)13-9-11-25(19,7-2)34-26)23(32)29(21(26)24(28)33)18(16-30)17(3)4/h9-12,17-21,30H,6-8,13-16H2,1-5H3/t18-,19-,20-,21?,25+,26-/m0/s1. The summed E-state index contributed by atoms with van der Waals surface area (Å²) in [5.41, 5.74) is -2.21. The fourth-order valence-electron chi connectivity index (χ4n) is 6.40. The van der Waals surface area contributed by atoms with Crippen molar-refractivity contribution in [2.45, 2.75) is 70.2 Å². The lowest BCUT2D eigenvalue weighted by Crippen LogP contribution is -2.59. The molecule has 6 atom stereocenters. The van der Waals surface area contributed by atoms with E-state index < -0.39 is 35.1 Å². The number of nitrogens with zero attached hydrogens (tertiary/aromatic N) is 3. The van der Waals surface area contributed by atoms with Gasteiger partial charge in [-0.2, -0.15) is 0 Å². The van der Waals surface area contributed by atoms with Crippen molar-refractivity contribution in [1.29, 1.82) is 0 Å². The normalized spacial score (nSPS) is 36.0. The fourth-order valence-corrected chi connectivity index (χ4v) is 6.40. The Morgan fingerprint density at radius 2 is 1.76 bits per heavy atom. The molecule has 4 rings (SSSR count). The number of ether oxygens (including phenoxy) is 1. The molecule has 1 spiro atoms. The Hall–Kier alpha value is -2.19. The first-order valence-electron chi connectivity index (χ1n) is 12.7. The number of aliphatic hydroxyl groups excluding tert-OH is 1. The molecule has 3 amide bonds. The molecule has 2 fully saturated rings. The maximum atomic E-state index is 14.2. The molecular weight excluding hydrogens is 434 g/mol. The van der Waals surface area contributed by atoms with E-state index in [1.54, 1.807) is 21.7 Å². The van der Waals surface area contributed by atoms with Gasteiger partial charge in [-0.15, -0.1) is 0 Å². The van der Waals surface area contributed by atoms with Crippen molar-refractivity contribution in [2.24, 2.45) is 17.8 Å². The summed E-state index contributed by atoms with van der Waals surface area (Å²) < 4.78 is 6.88. The molecular formula is C26H39N3O5. The molecule has 0 saturated carbocycles. The molecule has 1 unspecified atom stereocenters. The first-order chi connectivity index (χ1) is 16.2. The number of rotatable bonds is 7. The second kappa shape index (κ2) is 9.11. The van der Waals surface area contributed by atoms with Gasteiger partial charge in [-0.05, 0) is 18.8 Å². The highest BCUT2D eigenvalue weighted by atomic mass is 16.5. The average molecular weight is 474 g/mol. The molecule has 34 heavy (non-hydrogen) atoms. The van der Waals surface area contributed by atoms with Crippen LogP contribution in [0.25, 0.3) is 0 Å². The van der Waals surface area contributed by atoms with Crippen molar-refractivity contribution < 1.29 is 24.2 Å². The van der Waals surface area contributed by atoms with Gasteiger partial charge in [0, 0.05) is 26.7 Å². The van der Waals surface area contributed by atoms with E-state index in [1.807, 2.05) is 45.1 Å². The smallest absolute Gasteiger partial charge is 0.249 e. The first-order valence-corrected chi connectivity index (χ1v) is 12.7. The zero-order chi connectivity index (χ0) is 24.8. The third-order valence-corrected chi connectivity index (χ3v) is 8.26. The first kappa shape index (κ1) is 24.9. The molecule has 4 aliphatic heterocycles. The highest BCUT2D eigenvalue weighted by Gasteiger charge is 2.75. The Balaban J connectivity index is 1.91. The SMILES string of the molecule is CCCCN1CC=C[C@]23O[C@]4(CC)C=CCN(C)C(=O)[C@@H]4[C@H]2C(=O)N([C@@H](CO)C(C)C)C3C1=O. The van der Waals surface area contributed by atoms with Crippen LogP contribution < -0.4 is 0 Å². The van der Waals surface area contributed by atoms with Crippen LogP contribution in [0.4, 0.5) is 0 Å². The number of fused-ring (bicyclic) bond motifs is 2. The van der Waals surface area contributed by atoms with Gasteiger partial charge in [0.15, 0.2) is 0 Å². The number of hydrogen-bond acceptors (Lipinski definition) is 5. The monoisotopic (exact) mass is 473 g/mol. The van der Waals surface area contributed by atoms with Crippen LogP contribution in [0.5, 0.6) is 0 Å². The van der Waals surface area contributed by atoms with E-state index in [4.69, 9.17) is 4.74 Å². The van der Waals surface area contributed by atoms with E-state index in [9.17, 15) is 19.5 Å². The van der Waals surface area contributed by atoms with Crippen LogP contribution in [-0.2, 0) is 19.1 Å². The molecule has 0 bridgehead atoms. The van der Waals surface area contributed by atoms with Crippen molar-refractivity contribution in [3.63, 3.8) is 0 Å². The van der Waals surface area contributed by atoms with Gasteiger partial charge in [-0.1, -0.05) is 58.4 Å². The number of likely N-dealkylation sites (tertiary alicyclic amines) is 1. The zero-order valence-corrected chi connectivity index (χ0v) is 21.1. The molecule has 0 aliphatic carbocycles. The van der Waals surface area contributed by atoms with Crippen molar-refractivity contribution in [3.05, 3.63) is 24.3 Å². The predicted octanol–water partition coefficient (Wildman–Crippen LogP) is 1.59. The topological polar surface area (TPSA) is 90.4 Å². The van der Waals surface area contributed by atoms with Crippen LogP contribution in [0.2, 0.25) is 0 Å². The summed E-state index contributed by atoms with van der Waals surface area (Å²) in [4.78, 5) is 47.0. The summed E-state index contributed by atoms with van der Waals surface area (Å²) in [5.74, 6) is -2.20. The molecule has 1 N–H and O–H groups in total. The molecule has 0 aromatic rings. The molecule has 0 aromatic carbocycles. The van der Waals surface area contributed by atoms with E-state index in [0.29, 0.717) is 26.1 Å². The summed E-state index contributed by atoms with van der Waals surface area (Å²) in [6.07, 6.45) is 9.99. The molecule has 4 aliphatic rings. The van der Waals surface area contributed by atoms with Gasteiger partial charge in [0.2, 0.25) is 17.7 Å². The van der Waals surface area contributed by atoms with Gasteiger partial charge in [-0.3, -0.25) is 14.4 Å².